The Labute approximate surface area is 79.4 Å². The number of hydrogen-bond acceptors (Lipinski definition) is 1. The zero-order valence-corrected chi connectivity index (χ0v) is 8.39. The van der Waals surface area contributed by atoms with Gasteiger partial charge in [0, 0.05) is 0 Å². The lowest BCUT2D eigenvalue weighted by Crippen LogP contribution is -2.24. The van der Waals surface area contributed by atoms with Crippen LogP contribution in [-0.4, -0.2) is 12.7 Å². The molecule has 12 heavy (non-hydrogen) atoms. The average molecular weight is 189 g/mol. The minimum absolute atomic E-state index is 0.362. The van der Waals surface area contributed by atoms with E-state index in [0.717, 1.165) is 30.3 Å². The van der Waals surface area contributed by atoms with Crippen LogP contribution in [0.15, 0.2) is 0 Å². The van der Waals surface area contributed by atoms with Gasteiger partial charge >= 0.3 is 0 Å². The highest BCUT2D eigenvalue weighted by molar-refractivity contribution is 6.17. The van der Waals surface area contributed by atoms with Crippen molar-refractivity contribution < 1.29 is 4.74 Å². The largest absolute Gasteiger partial charge is 0.365 e. The molecule has 0 aromatic carbocycles. The molecule has 0 aliphatic heterocycles. The Morgan fingerprint density at radius 2 is 2.08 bits per heavy atom. The normalized spacial score (nSPS) is 45.5. The van der Waals surface area contributed by atoms with E-state index in [1.54, 1.807) is 0 Å². The fourth-order valence-corrected chi connectivity index (χ4v) is 3.26. The van der Waals surface area contributed by atoms with E-state index >= 15 is 0 Å². The van der Waals surface area contributed by atoms with E-state index in [9.17, 15) is 0 Å². The van der Waals surface area contributed by atoms with Gasteiger partial charge in [0.05, 0.1) is 6.61 Å². The van der Waals surface area contributed by atoms with Gasteiger partial charge in [-0.05, 0) is 42.9 Å². The van der Waals surface area contributed by atoms with Gasteiger partial charge in [-0.25, -0.2) is 0 Å². The van der Waals surface area contributed by atoms with Crippen LogP contribution in [0.2, 0.25) is 0 Å². The van der Waals surface area contributed by atoms with Crippen molar-refractivity contribution in [3.8, 4) is 0 Å². The standard InChI is InChI=1S/C10H17ClO/c1-7-8-2-3-9(4-8)10(7)5-12-6-11/h7-10H,2-6H2,1H3. The van der Waals surface area contributed by atoms with Gasteiger partial charge < -0.3 is 4.74 Å². The van der Waals surface area contributed by atoms with E-state index in [4.69, 9.17) is 16.3 Å². The third kappa shape index (κ3) is 1.38. The quantitative estimate of drug-likeness (QED) is 0.619. The Balaban J connectivity index is 1.89. The maximum Gasteiger partial charge on any atom is 0.120 e. The number of alkyl halides is 1. The maximum atomic E-state index is 5.51. The van der Waals surface area contributed by atoms with Crippen LogP contribution < -0.4 is 0 Å². The minimum atomic E-state index is 0.362. The molecule has 2 rings (SSSR count). The first-order valence-corrected chi connectivity index (χ1v) is 5.50. The fourth-order valence-electron chi connectivity index (χ4n) is 3.17. The van der Waals surface area contributed by atoms with Crippen LogP contribution in [0.5, 0.6) is 0 Å². The zero-order valence-electron chi connectivity index (χ0n) is 7.63. The molecule has 0 amide bonds. The molecule has 2 heteroatoms. The van der Waals surface area contributed by atoms with Gasteiger partial charge in [-0.15, -0.1) is 0 Å². The summed E-state index contributed by atoms with van der Waals surface area (Å²) in [6.45, 7) is 3.28. The summed E-state index contributed by atoms with van der Waals surface area (Å²) >= 11 is 5.51. The van der Waals surface area contributed by atoms with Crippen molar-refractivity contribution in [1.82, 2.24) is 0 Å². The molecule has 0 spiro atoms. The number of hydrogen-bond donors (Lipinski definition) is 0. The van der Waals surface area contributed by atoms with Crippen LogP contribution in [0.1, 0.15) is 26.2 Å². The Morgan fingerprint density at radius 3 is 2.67 bits per heavy atom. The van der Waals surface area contributed by atoms with Crippen molar-refractivity contribution in [3.63, 3.8) is 0 Å². The summed E-state index contributed by atoms with van der Waals surface area (Å²) in [7, 11) is 0. The molecule has 0 aromatic rings. The van der Waals surface area contributed by atoms with Crippen LogP contribution in [-0.2, 0) is 4.74 Å². The fraction of sp³-hybridized carbons (Fsp3) is 1.00. The van der Waals surface area contributed by atoms with Crippen molar-refractivity contribution >= 4 is 11.6 Å². The summed E-state index contributed by atoms with van der Waals surface area (Å²) in [5.41, 5.74) is 0. The molecular formula is C10H17ClO. The third-order valence-corrected chi connectivity index (χ3v) is 4.08. The van der Waals surface area contributed by atoms with E-state index in [2.05, 4.69) is 6.92 Å². The smallest absolute Gasteiger partial charge is 0.120 e. The van der Waals surface area contributed by atoms with Crippen molar-refractivity contribution in [3.05, 3.63) is 0 Å². The topological polar surface area (TPSA) is 9.23 Å². The molecule has 1 nitrogen and oxygen atoms in total. The van der Waals surface area contributed by atoms with Gasteiger partial charge in [0.15, 0.2) is 0 Å². The second-order valence-electron chi connectivity index (χ2n) is 4.34. The van der Waals surface area contributed by atoms with Gasteiger partial charge in [0.2, 0.25) is 0 Å². The number of halogens is 1. The first-order valence-electron chi connectivity index (χ1n) is 4.96. The van der Waals surface area contributed by atoms with Crippen molar-refractivity contribution in [2.45, 2.75) is 26.2 Å². The van der Waals surface area contributed by atoms with Gasteiger partial charge in [-0.1, -0.05) is 18.5 Å². The molecule has 70 valence electrons. The molecule has 0 heterocycles. The van der Waals surface area contributed by atoms with Crippen LogP contribution in [0.4, 0.5) is 0 Å². The molecule has 2 aliphatic carbocycles. The van der Waals surface area contributed by atoms with Crippen molar-refractivity contribution in [2.75, 3.05) is 12.7 Å². The summed E-state index contributed by atoms with van der Waals surface area (Å²) < 4.78 is 5.31. The SMILES string of the molecule is CC1C2CCC(C2)C1COCCl. The number of ether oxygens (including phenoxy) is 1. The summed E-state index contributed by atoms with van der Waals surface area (Å²) in [6, 6.07) is 0.362. The molecule has 0 N–H and O–H groups in total. The van der Waals surface area contributed by atoms with Crippen LogP contribution in [0, 0.1) is 23.7 Å². The summed E-state index contributed by atoms with van der Waals surface area (Å²) in [6.07, 6.45) is 4.35. The van der Waals surface area contributed by atoms with E-state index in [1.165, 1.54) is 19.3 Å². The highest BCUT2D eigenvalue weighted by Crippen LogP contribution is 2.51. The lowest BCUT2D eigenvalue weighted by Gasteiger charge is -2.27. The summed E-state index contributed by atoms with van der Waals surface area (Å²) in [5, 5.41) is 0. The Morgan fingerprint density at radius 1 is 1.33 bits per heavy atom. The first-order chi connectivity index (χ1) is 5.83. The molecule has 0 saturated heterocycles. The summed E-state index contributed by atoms with van der Waals surface area (Å²) in [5.74, 6) is 3.64. The Bertz CT molecular complexity index is 158. The lowest BCUT2D eigenvalue weighted by molar-refractivity contribution is 0.0825. The molecule has 2 saturated carbocycles. The second kappa shape index (κ2) is 3.55. The predicted octanol–water partition coefficient (Wildman–Crippen LogP) is 2.88. The third-order valence-electron chi connectivity index (χ3n) is 3.93. The second-order valence-corrected chi connectivity index (χ2v) is 4.55. The molecule has 0 radical (unpaired) electrons. The van der Waals surface area contributed by atoms with Crippen molar-refractivity contribution in [1.29, 1.82) is 0 Å². The van der Waals surface area contributed by atoms with E-state index in [-0.39, 0.29) is 0 Å². The number of fused-ring (bicyclic) bond motifs is 2. The van der Waals surface area contributed by atoms with Crippen LogP contribution >= 0.6 is 11.6 Å². The van der Waals surface area contributed by atoms with Crippen molar-refractivity contribution in [2.24, 2.45) is 23.7 Å². The molecule has 4 atom stereocenters. The van der Waals surface area contributed by atoms with Gasteiger partial charge in [-0.3, -0.25) is 0 Å². The molecule has 0 aromatic heterocycles. The van der Waals surface area contributed by atoms with Gasteiger partial charge in [0.25, 0.3) is 0 Å². The van der Waals surface area contributed by atoms with Gasteiger partial charge in [-0.2, -0.15) is 0 Å². The summed E-state index contributed by atoms with van der Waals surface area (Å²) in [4.78, 5) is 0. The lowest BCUT2D eigenvalue weighted by atomic mass is 9.81. The predicted molar refractivity (Wildman–Crippen MR) is 50.2 cm³/mol. The minimum Gasteiger partial charge on any atom is -0.365 e. The average Bonchev–Trinajstić information content (AvgIpc) is 2.62. The Kier molecular flexibility index (Phi) is 2.61. The molecule has 2 aliphatic rings. The highest BCUT2D eigenvalue weighted by atomic mass is 35.5. The van der Waals surface area contributed by atoms with Crippen LogP contribution in [0.3, 0.4) is 0 Å². The highest BCUT2D eigenvalue weighted by Gasteiger charge is 2.44. The molecule has 2 fully saturated rings. The van der Waals surface area contributed by atoms with E-state index < -0.39 is 0 Å². The van der Waals surface area contributed by atoms with E-state index in [1.807, 2.05) is 0 Å². The maximum absolute atomic E-state index is 5.51. The first kappa shape index (κ1) is 8.83. The number of rotatable bonds is 3. The Hall–Kier alpha value is 0.250. The van der Waals surface area contributed by atoms with E-state index in [0.29, 0.717) is 6.07 Å². The monoisotopic (exact) mass is 188 g/mol. The molecular weight excluding hydrogens is 172 g/mol. The van der Waals surface area contributed by atoms with Crippen LogP contribution in [0.25, 0.3) is 0 Å². The zero-order chi connectivity index (χ0) is 8.55. The van der Waals surface area contributed by atoms with Gasteiger partial charge in [0.1, 0.15) is 6.07 Å². The molecule has 4 unspecified atom stereocenters. The molecule has 2 bridgehead atoms.